The Kier molecular flexibility index (Phi) is 3.85. The first-order valence-corrected chi connectivity index (χ1v) is 6.09. The van der Waals surface area contributed by atoms with Crippen LogP contribution in [0.2, 0.25) is 0 Å². The SMILES string of the molecule is Nc1cccc(/C=C/C(=O)N2CC(CC(=O)O)C2)c1. The maximum atomic E-state index is 11.8. The highest BCUT2D eigenvalue weighted by atomic mass is 16.4. The van der Waals surface area contributed by atoms with Crippen LogP contribution in [0, 0.1) is 5.92 Å². The number of carbonyl (C=O) groups excluding carboxylic acids is 1. The van der Waals surface area contributed by atoms with Gasteiger partial charge in [0.1, 0.15) is 0 Å². The van der Waals surface area contributed by atoms with Crippen molar-refractivity contribution < 1.29 is 14.7 Å². The average molecular weight is 260 g/mol. The number of rotatable bonds is 4. The number of amides is 1. The zero-order valence-electron chi connectivity index (χ0n) is 10.5. The Hall–Kier alpha value is -2.30. The van der Waals surface area contributed by atoms with E-state index in [1.54, 1.807) is 23.1 Å². The van der Waals surface area contributed by atoms with E-state index in [4.69, 9.17) is 10.8 Å². The number of hydrogen-bond acceptors (Lipinski definition) is 3. The van der Waals surface area contributed by atoms with E-state index in [9.17, 15) is 9.59 Å². The van der Waals surface area contributed by atoms with Gasteiger partial charge in [0.2, 0.25) is 5.91 Å². The van der Waals surface area contributed by atoms with E-state index >= 15 is 0 Å². The van der Waals surface area contributed by atoms with E-state index in [1.165, 1.54) is 6.08 Å². The standard InChI is InChI=1S/C14H16N2O3/c15-12-3-1-2-10(6-12)4-5-13(17)16-8-11(9-16)7-14(18)19/h1-6,11H,7-9,15H2,(H,18,19)/b5-4+. The summed E-state index contributed by atoms with van der Waals surface area (Å²) in [5, 5.41) is 8.62. The summed E-state index contributed by atoms with van der Waals surface area (Å²) < 4.78 is 0. The Morgan fingerprint density at radius 2 is 2.16 bits per heavy atom. The predicted molar refractivity (Wildman–Crippen MR) is 72.2 cm³/mol. The lowest BCUT2D eigenvalue weighted by molar-refractivity contribution is -0.143. The van der Waals surface area contributed by atoms with Gasteiger partial charge in [0, 0.05) is 30.8 Å². The van der Waals surface area contributed by atoms with Gasteiger partial charge in [0.25, 0.3) is 0 Å². The third kappa shape index (κ3) is 3.58. The second-order valence-electron chi connectivity index (χ2n) is 4.71. The monoisotopic (exact) mass is 260 g/mol. The molecule has 0 aliphatic carbocycles. The highest BCUT2D eigenvalue weighted by Gasteiger charge is 2.30. The van der Waals surface area contributed by atoms with Crippen LogP contribution in [0.25, 0.3) is 6.08 Å². The molecule has 1 aromatic rings. The molecule has 0 atom stereocenters. The van der Waals surface area contributed by atoms with Crippen LogP contribution in [0.15, 0.2) is 30.3 Å². The number of hydrogen-bond donors (Lipinski definition) is 2. The average Bonchev–Trinajstić information content (AvgIpc) is 2.30. The molecule has 0 aromatic heterocycles. The van der Waals surface area contributed by atoms with Gasteiger partial charge in [-0.05, 0) is 23.8 Å². The molecule has 1 fully saturated rings. The van der Waals surface area contributed by atoms with Gasteiger partial charge in [-0.2, -0.15) is 0 Å². The first-order chi connectivity index (χ1) is 9.04. The fraction of sp³-hybridized carbons (Fsp3) is 0.286. The van der Waals surface area contributed by atoms with Crippen molar-refractivity contribution in [1.82, 2.24) is 4.90 Å². The van der Waals surface area contributed by atoms with Gasteiger partial charge >= 0.3 is 5.97 Å². The summed E-state index contributed by atoms with van der Waals surface area (Å²) in [5.41, 5.74) is 7.17. The van der Waals surface area contributed by atoms with Crippen molar-refractivity contribution in [2.45, 2.75) is 6.42 Å². The molecule has 3 N–H and O–H groups in total. The number of nitrogens with zero attached hydrogens (tertiary/aromatic N) is 1. The van der Waals surface area contributed by atoms with Gasteiger partial charge < -0.3 is 15.7 Å². The molecule has 0 spiro atoms. The van der Waals surface area contributed by atoms with Gasteiger partial charge in [-0.15, -0.1) is 0 Å². The number of aliphatic carboxylic acids is 1. The first kappa shape index (κ1) is 13.1. The topological polar surface area (TPSA) is 83.6 Å². The van der Waals surface area contributed by atoms with Crippen LogP contribution in [0.4, 0.5) is 5.69 Å². The Morgan fingerprint density at radius 1 is 1.42 bits per heavy atom. The number of likely N-dealkylation sites (tertiary alicyclic amines) is 1. The van der Waals surface area contributed by atoms with Crippen LogP contribution in [-0.2, 0) is 9.59 Å². The summed E-state index contributed by atoms with van der Waals surface area (Å²) in [7, 11) is 0. The quantitative estimate of drug-likeness (QED) is 0.629. The number of carboxylic acids is 1. The van der Waals surface area contributed by atoms with Crippen molar-refractivity contribution in [1.29, 1.82) is 0 Å². The fourth-order valence-corrected chi connectivity index (χ4v) is 2.06. The van der Waals surface area contributed by atoms with Crippen LogP contribution >= 0.6 is 0 Å². The predicted octanol–water partition coefficient (Wildman–Crippen LogP) is 1.22. The van der Waals surface area contributed by atoms with E-state index in [1.807, 2.05) is 12.1 Å². The summed E-state index contributed by atoms with van der Waals surface area (Å²) in [6, 6.07) is 7.26. The third-order valence-electron chi connectivity index (χ3n) is 3.06. The largest absolute Gasteiger partial charge is 0.481 e. The molecule has 0 unspecified atom stereocenters. The van der Waals surface area contributed by atoms with Crippen LogP contribution in [0.5, 0.6) is 0 Å². The molecule has 1 amide bonds. The second-order valence-corrected chi connectivity index (χ2v) is 4.71. The minimum absolute atomic E-state index is 0.0854. The lowest BCUT2D eigenvalue weighted by Crippen LogP contribution is -2.49. The smallest absolute Gasteiger partial charge is 0.303 e. The number of nitrogens with two attached hydrogens (primary N) is 1. The van der Waals surface area contributed by atoms with Crippen LogP contribution < -0.4 is 5.73 Å². The Balaban J connectivity index is 1.84. The van der Waals surface area contributed by atoms with E-state index in [0.717, 1.165) is 5.56 Å². The van der Waals surface area contributed by atoms with E-state index < -0.39 is 5.97 Å². The second kappa shape index (κ2) is 5.56. The third-order valence-corrected chi connectivity index (χ3v) is 3.06. The van der Waals surface area contributed by atoms with Gasteiger partial charge in [0.05, 0.1) is 6.42 Å². The molecule has 1 aliphatic heterocycles. The van der Waals surface area contributed by atoms with Gasteiger partial charge in [-0.25, -0.2) is 0 Å². The van der Waals surface area contributed by atoms with Gasteiger partial charge in [-0.3, -0.25) is 9.59 Å². The van der Waals surface area contributed by atoms with Crippen molar-refractivity contribution in [2.24, 2.45) is 5.92 Å². The molecule has 1 heterocycles. The normalized spacial score (nSPS) is 15.5. The number of carbonyl (C=O) groups is 2. The zero-order valence-corrected chi connectivity index (χ0v) is 10.5. The van der Waals surface area contributed by atoms with Crippen molar-refractivity contribution in [3.05, 3.63) is 35.9 Å². The highest BCUT2D eigenvalue weighted by molar-refractivity contribution is 5.92. The number of anilines is 1. The minimum Gasteiger partial charge on any atom is -0.481 e. The number of nitrogen functional groups attached to an aromatic ring is 1. The molecule has 19 heavy (non-hydrogen) atoms. The van der Waals surface area contributed by atoms with Crippen molar-refractivity contribution >= 4 is 23.6 Å². The molecule has 1 saturated heterocycles. The summed E-state index contributed by atoms with van der Waals surface area (Å²) in [4.78, 5) is 23.9. The summed E-state index contributed by atoms with van der Waals surface area (Å²) in [5.74, 6) is -0.821. The summed E-state index contributed by atoms with van der Waals surface area (Å²) in [6.45, 7) is 1.04. The van der Waals surface area contributed by atoms with Gasteiger partial charge in [-0.1, -0.05) is 12.1 Å². The maximum Gasteiger partial charge on any atom is 0.303 e. The molecule has 0 bridgehead atoms. The van der Waals surface area contributed by atoms with Crippen LogP contribution in [-0.4, -0.2) is 35.0 Å². The zero-order chi connectivity index (χ0) is 13.8. The number of benzene rings is 1. The Labute approximate surface area is 111 Å². The van der Waals surface area contributed by atoms with E-state index in [2.05, 4.69) is 0 Å². The van der Waals surface area contributed by atoms with Crippen molar-refractivity contribution in [2.75, 3.05) is 18.8 Å². The summed E-state index contributed by atoms with van der Waals surface area (Å²) in [6.07, 6.45) is 3.33. The molecule has 1 aromatic carbocycles. The van der Waals surface area contributed by atoms with E-state index in [0.29, 0.717) is 18.8 Å². The van der Waals surface area contributed by atoms with E-state index in [-0.39, 0.29) is 18.2 Å². The molecule has 100 valence electrons. The van der Waals surface area contributed by atoms with Crippen LogP contribution in [0.3, 0.4) is 0 Å². The fourth-order valence-electron chi connectivity index (χ4n) is 2.06. The minimum atomic E-state index is -0.813. The first-order valence-electron chi connectivity index (χ1n) is 6.09. The Bertz CT molecular complexity index is 519. The summed E-state index contributed by atoms with van der Waals surface area (Å²) >= 11 is 0. The maximum absolute atomic E-state index is 11.8. The molecule has 2 rings (SSSR count). The molecule has 0 radical (unpaired) electrons. The molecule has 5 nitrogen and oxygen atoms in total. The lowest BCUT2D eigenvalue weighted by Gasteiger charge is -2.37. The van der Waals surface area contributed by atoms with Crippen molar-refractivity contribution in [3.63, 3.8) is 0 Å². The molecular formula is C14H16N2O3. The molecule has 5 heteroatoms. The molecule has 0 saturated carbocycles. The van der Waals surface area contributed by atoms with Crippen molar-refractivity contribution in [3.8, 4) is 0 Å². The molecule has 1 aliphatic rings. The molecular weight excluding hydrogens is 244 g/mol. The Morgan fingerprint density at radius 3 is 2.79 bits per heavy atom. The van der Waals surface area contributed by atoms with Crippen LogP contribution in [0.1, 0.15) is 12.0 Å². The highest BCUT2D eigenvalue weighted by Crippen LogP contribution is 2.19. The lowest BCUT2D eigenvalue weighted by atomic mass is 9.96. The van der Waals surface area contributed by atoms with Gasteiger partial charge in [0.15, 0.2) is 0 Å². The number of carboxylic acid groups (broad SMARTS) is 1.